The van der Waals surface area contributed by atoms with Gasteiger partial charge in [-0.3, -0.25) is 0 Å². The summed E-state index contributed by atoms with van der Waals surface area (Å²) in [5.41, 5.74) is 1.60. The van der Waals surface area contributed by atoms with E-state index in [0.29, 0.717) is 22.3 Å². The van der Waals surface area contributed by atoms with Gasteiger partial charge in [-0.25, -0.2) is 4.79 Å². The van der Waals surface area contributed by atoms with Gasteiger partial charge < -0.3 is 19.9 Å². The van der Waals surface area contributed by atoms with Crippen molar-refractivity contribution in [3.63, 3.8) is 0 Å². The zero-order valence-corrected chi connectivity index (χ0v) is 15.6. The zero-order chi connectivity index (χ0) is 18.3. The number of aliphatic hydroxyl groups is 1. The van der Waals surface area contributed by atoms with Crippen molar-refractivity contribution in [3.8, 4) is 0 Å². The normalized spacial score (nSPS) is 20.2. The highest BCUT2D eigenvalue weighted by Gasteiger charge is 2.38. The Morgan fingerprint density at radius 2 is 2.20 bits per heavy atom. The van der Waals surface area contributed by atoms with Crippen LogP contribution in [-0.2, 0) is 13.5 Å². The number of nitrogens with zero attached hydrogens (tertiary/aromatic N) is 4. The number of carbonyl (C=O) groups is 1. The predicted molar refractivity (Wildman–Crippen MR) is 94.6 cm³/mol. The van der Waals surface area contributed by atoms with Crippen LogP contribution in [0, 0.1) is 0 Å². The number of benzene rings is 1. The number of aliphatic hydroxyl groups excluding tert-OH is 1. The van der Waals surface area contributed by atoms with Crippen molar-refractivity contribution >= 4 is 29.2 Å². The van der Waals surface area contributed by atoms with E-state index in [9.17, 15) is 9.90 Å². The number of rotatable bonds is 3. The van der Waals surface area contributed by atoms with Gasteiger partial charge >= 0.3 is 6.03 Å². The number of aromatic nitrogens is 3. The summed E-state index contributed by atoms with van der Waals surface area (Å²) in [5.74, 6) is 0.639. The van der Waals surface area contributed by atoms with Crippen LogP contribution in [0.25, 0.3) is 0 Å². The Labute approximate surface area is 155 Å². The van der Waals surface area contributed by atoms with Crippen molar-refractivity contribution in [2.24, 2.45) is 7.05 Å². The van der Waals surface area contributed by atoms with Crippen LogP contribution in [-0.4, -0.2) is 44.0 Å². The molecule has 1 aliphatic rings. The minimum absolute atomic E-state index is 0.330. The molecule has 1 aromatic carbocycles. The van der Waals surface area contributed by atoms with Gasteiger partial charge in [0, 0.05) is 30.6 Å². The lowest BCUT2D eigenvalue weighted by atomic mass is 10.1. The van der Waals surface area contributed by atoms with Gasteiger partial charge in [0.1, 0.15) is 6.33 Å². The van der Waals surface area contributed by atoms with E-state index < -0.39 is 12.1 Å². The monoisotopic (exact) mass is 383 g/mol. The summed E-state index contributed by atoms with van der Waals surface area (Å²) >= 11 is 12.3. The maximum atomic E-state index is 12.7. The molecular formula is C16H19Cl2N5O2. The first-order valence-electron chi connectivity index (χ1n) is 7.82. The number of nitrogens with one attached hydrogen (secondary N) is 1. The molecule has 1 aliphatic carbocycles. The molecule has 3 atom stereocenters. The van der Waals surface area contributed by atoms with Crippen LogP contribution in [0.3, 0.4) is 0 Å². The van der Waals surface area contributed by atoms with E-state index in [2.05, 4.69) is 15.5 Å². The number of carbonyl (C=O) groups excluding carboxylic acids is 1. The summed E-state index contributed by atoms with van der Waals surface area (Å²) in [6.45, 7) is 1.82. The van der Waals surface area contributed by atoms with Gasteiger partial charge in [-0.05, 0) is 30.2 Å². The predicted octanol–water partition coefficient (Wildman–Crippen LogP) is 2.48. The van der Waals surface area contributed by atoms with Crippen molar-refractivity contribution < 1.29 is 9.90 Å². The van der Waals surface area contributed by atoms with Crippen molar-refractivity contribution in [1.29, 1.82) is 0 Å². The van der Waals surface area contributed by atoms with E-state index in [1.807, 2.05) is 14.0 Å². The molecule has 0 aliphatic heterocycles. The molecule has 0 radical (unpaired) electrons. The molecule has 2 amide bonds. The summed E-state index contributed by atoms with van der Waals surface area (Å²) in [7, 11) is 3.44. The van der Waals surface area contributed by atoms with Gasteiger partial charge in [0.2, 0.25) is 0 Å². The fourth-order valence-electron chi connectivity index (χ4n) is 3.26. The summed E-state index contributed by atoms with van der Waals surface area (Å²) in [5, 5.41) is 22.1. The van der Waals surface area contributed by atoms with Gasteiger partial charge in [-0.1, -0.05) is 23.2 Å². The number of likely N-dealkylation sites (N-methyl/N-ethyl adjacent to an activating group) is 1. The molecule has 3 rings (SSSR count). The Morgan fingerprint density at radius 1 is 1.48 bits per heavy atom. The molecule has 1 aromatic heterocycles. The fourth-order valence-corrected chi connectivity index (χ4v) is 3.85. The molecule has 0 fully saturated rings. The minimum Gasteiger partial charge on any atom is -0.390 e. The molecular weight excluding hydrogens is 365 g/mol. The van der Waals surface area contributed by atoms with Gasteiger partial charge in [0.25, 0.3) is 0 Å². The van der Waals surface area contributed by atoms with Crippen LogP contribution in [0.2, 0.25) is 10.0 Å². The van der Waals surface area contributed by atoms with Crippen LogP contribution in [0.1, 0.15) is 36.0 Å². The molecule has 134 valence electrons. The Hall–Kier alpha value is -1.83. The van der Waals surface area contributed by atoms with E-state index >= 15 is 0 Å². The molecule has 25 heavy (non-hydrogen) atoms. The molecule has 0 bridgehead atoms. The SMILES string of the molecule is C[C@H](NC(=O)N(C)[C@@H]1c2cc(Cl)cc(Cl)c2C[C@H]1O)c1nncn1C. The largest absolute Gasteiger partial charge is 0.390 e. The Balaban J connectivity index is 1.80. The third-order valence-electron chi connectivity index (χ3n) is 4.50. The number of amides is 2. The highest BCUT2D eigenvalue weighted by Crippen LogP contribution is 2.40. The quantitative estimate of drug-likeness (QED) is 0.852. The van der Waals surface area contributed by atoms with Crippen LogP contribution in [0.15, 0.2) is 18.5 Å². The Bertz CT molecular complexity index is 810. The maximum absolute atomic E-state index is 12.7. The highest BCUT2D eigenvalue weighted by molar-refractivity contribution is 6.35. The lowest BCUT2D eigenvalue weighted by Crippen LogP contribution is -2.43. The first kappa shape index (κ1) is 18.0. The van der Waals surface area contributed by atoms with Gasteiger partial charge in [0.15, 0.2) is 5.82 Å². The number of aryl methyl sites for hydroxylation is 1. The first-order chi connectivity index (χ1) is 11.8. The molecule has 0 spiro atoms. The number of fused-ring (bicyclic) bond motifs is 1. The molecule has 1 heterocycles. The minimum atomic E-state index is -0.744. The van der Waals surface area contributed by atoms with Crippen LogP contribution >= 0.6 is 23.2 Å². The van der Waals surface area contributed by atoms with Crippen LogP contribution in [0.5, 0.6) is 0 Å². The zero-order valence-electron chi connectivity index (χ0n) is 14.1. The van der Waals surface area contributed by atoms with Gasteiger partial charge in [-0.2, -0.15) is 0 Å². The average molecular weight is 384 g/mol. The van der Waals surface area contributed by atoms with E-state index in [4.69, 9.17) is 23.2 Å². The number of halogens is 2. The van der Waals surface area contributed by atoms with E-state index in [1.165, 1.54) is 4.90 Å². The molecule has 0 saturated carbocycles. The maximum Gasteiger partial charge on any atom is 0.318 e. The molecule has 2 aromatic rings. The standard InChI is InChI=1S/C16H19Cl2N5O2/c1-8(15-21-19-7-22(15)2)20-16(25)23(3)14-11-4-9(17)5-12(18)10(11)6-13(14)24/h4-5,7-8,13-14,24H,6H2,1-3H3,(H,20,25)/t8-,13+,14+/m0/s1. The van der Waals surface area contributed by atoms with Crippen LogP contribution in [0.4, 0.5) is 4.79 Å². The topological polar surface area (TPSA) is 83.3 Å². The second-order valence-corrected chi connectivity index (χ2v) is 7.10. The van der Waals surface area contributed by atoms with Gasteiger partial charge in [0.05, 0.1) is 18.2 Å². The van der Waals surface area contributed by atoms with Crippen molar-refractivity contribution in [2.45, 2.75) is 31.5 Å². The highest BCUT2D eigenvalue weighted by atomic mass is 35.5. The molecule has 0 saturated heterocycles. The Morgan fingerprint density at radius 3 is 2.84 bits per heavy atom. The van der Waals surface area contributed by atoms with E-state index in [-0.39, 0.29) is 12.1 Å². The third kappa shape index (κ3) is 3.31. The molecule has 9 heteroatoms. The molecule has 7 nitrogen and oxygen atoms in total. The smallest absolute Gasteiger partial charge is 0.318 e. The van der Waals surface area contributed by atoms with Crippen LogP contribution < -0.4 is 5.32 Å². The first-order valence-corrected chi connectivity index (χ1v) is 8.58. The third-order valence-corrected chi connectivity index (χ3v) is 5.06. The summed E-state index contributed by atoms with van der Waals surface area (Å²) in [6.07, 6.45) is 1.21. The summed E-state index contributed by atoms with van der Waals surface area (Å²) in [6, 6.07) is 2.22. The van der Waals surface area contributed by atoms with Crippen molar-refractivity contribution in [3.05, 3.63) is 45.5 Å². The van der Waals surface area contributed by atoms with Gasteiger partial charge in [-0.15, -0.1) is 10.2 Å². The fraction of sp³-hybridized carbons (Fsp3) is 0.438. The van der Waals surface area contributed by atoms with E-state index in [1.54, 1.807) is 30.1 Å². The van der Waals surface area contributed by atoms with E-state index in [0.717, 1.165) is 11.1 Å². The molecule has 2 N–H and O–H groups in total. The summed E-state index contributed by atoms with van der Waals surface area (Å²) in [4.78, 5) is 14.1. The lowest BCUT2D eigenvalue weighted by molar-refractivity contribution is 0.0883. The number of urea groups is 1. The lowest BCUT2D eigenvalue weighted by Gasteiger charge is -2.29. The second kappa shape index (κ2) is 6.82. The van der Waals surface area contributed by atoms with Crippen molar-refractivity contribution in [1.82, 2.24) is 25.0 Å². The molecule has 0 unspecified atom stereocenters. The second-order valence-electron chi connectivity index (χ2n) is 6.25. The Kier molecular flexibility index (Phi) is 4.90. The summed E-state index contributed by atoms with van der Waals surface area (Å²) < 4.78 is 1.74. The number of hydrogen-bond acceptors (Lipinski definition) is 4. The average Bonchev–Trinajstić information content (AvgIpc) is 3.09. The number of hydrogen-bond donors (Lipinski definition) is 2. The van der Waals surface area contributed by atoms with Crippen molar-refractivity contribution in [2.75, 3.05) is 7.05 Å².